The summed E-state index contributed by atoms with van der Waals surface area (Å²) in [6, 6.07) is 0. The Morgan fingerprint density at radius 1 is 1.62 bits per heavy atom. The average Bonchev–Trinajstić information content (AvgIpc) is 2.58. The zero-order valence-corrected chi connectivity index (χ0v) is 11.2. The SMILES string of the molecule is CN(C)CCCNC(=O)Cn1cc(Br)cn1. The molecule has 0 aliphatic rings. The monoisotopic (exact) mass is 288 g/mol. The Morgan fingerprint density at radius 2 is 2.38 bits per heavy atom. The van der Waals surface area contributed by atoms with Crippen molar-refractivity contribution in [2.45, 2.75) is 13.0 Å². The Hall–Kier alpha value is -0.880. The molecule has 90 valence electrons. The van der Waals surface area contributed by atoms with Gasteiger partial charge in [0.25, 0.3) is 0 Å². The van der Waals surface area contributed by atoms with Crippen molar-refractivity contribution in [3.63, 3.8) is 0 Å². The molecule has 1 rings (SSSR count). The zero-order valence-electron chi connectivity index (χ0n) is 9.61. The first-order valence-electron chi connectivity index (χ1n) is 5.17. The maximum absolute atomic E-state index is 11.5. The van der Waals surface area contributed by atoms with E-state index in [2.05, 4.69) is 31.2 Å². The molecule has 0 saturated heterocycles. The summed E-state index contributed by atoms with van der Waals surface area (Å²) in [6.45, 7) is 1.96. The first-order chi connectivity index (χ1) is 7.58. The van der Waals surface area contributed by atoms with Crippen LogP contribution in [-0.4, -0.2) is 47.8 Å². The van der Waals surface area contributed by atoms with Crippen LogP contribution < -0.4 is 5.32 Å². The van der Waals surface area contributed by atoms with Crippen molar-refractivity contribution in [2.75, 3.05) is 27.2 Å². The largest absolute Gasteiger partial charge is 0.354 e. The number of carbonyl (C=O) groups is 1. The van der Waals surface area contributed by atoms with E-state index in [-0.39, 0.29) is 12.5 Å². The number of hydrogen-bond donors (Lipinski definition) is 1. The molecule has 0 bridgehead atoms. The number of carbonyl (C=O) groups excluding carboxylic acids is 1. The molecule has 1 N–H and O–H groups in total. The molecule has 1 aromatic rings. The minimum atomic E-state index is -0.00523. The molecule has 5 nitrogen and oxygen atoms in total. The van der Waals surface area contributed by atoms with Crippen LogP contribution in [0.25, 0.3) is 0 Å². The van der Waals surface area contributed by atoms with E-state index in [1.807, 2.05) is 14.1 Å². The first-order valence-corrected chi connectivity index (χ1v) is 5.96. The van der Waals surface area contributed by atoms with E-state index >= 15 is 0 Å². The molecule has 16 heavy (non-hydrogen) atoms. The number of hydrogen-bond acceptors (Lipinski definition) is 3. The second-order valence-electron chi connectivity index (χ2n) is 3.86. The van der Waals surface area contributed by atoms with E-state index in [1.54, 1.807) is 17.1 Å². The summed E-state index contributed by atoms with van der Waals surface area (Å²) < 4.78 is 2.48. The van der Waals surface area contributed by atoms with Gasteiger partial charge in [0, 0.05) is 12.7 Å². The van der Waals surface area contributed by atoms with Crippen molar-refractivity contribution >= 4 is 21.8 Å². The van der Waals surface area contributed by atoms with Gasteiger partial charge in [-0.3, -0.25) is 9.48 Å². The van der Waals surface area contributed by atoms with Gasteiger partial charge in [-0.25, -0.2) is 0 Å². The van der Waals surface area contributed by atoms with E-state index in [4.69, 9.17) is 0 Å². The quantitative estimate of drug-likeness (QED) is 0.785. The second kappa shape index (κ2) is 6.65. The number of nitrogens with one attached hydrogen (secondary N) is 1. The fraction of sp³-hybridized carbons (Fsp3) is 0.600. The second-order valence-corrected chi connectivity index (χ2v) is 4.78. The van der Waals surface area contributed by atoms with Crippen molar-refractivity contribution in [1.29, 1.82) is 0 Å². The van der Waals surface area contributed by atoms with Crippen LogP contribution in [0.3, 0.4) is 0 Å². The van der Waals surface area contributed by atoms with Crippen LogP contribution in [0.1, 0.15) is 6.42 Å². The number of rotatable bonds is 6. The lowest BCUT2D eigenvalue weighted by atomic mass is 10.4. The lowest BCUT2D eigenvalue weighted by molar-refractivity contribution is -0.121. The van der Waals surface area contributed by atoms with Crippen molar-refractivity contribution in [1.82, 2.24) is 20.0 Å². The van der Waals surface area contributed by atoms with E-state index in [1.165, 1.54) is 0 Å². The first kappa shape index (κ1) is 13.2. The van der Waals surface area contributed by atoms with Crippen LogP contribution in [0.15, 0.2) is 16.9 Å². The summed E-state index contributed by atoms with van der Waals surface area (Å²) >= 11 is 3.28. The molecule has 0 aromatic carbocycles. The summed E-state index contributed by atoms with van der Waals surface area (Å²) in [5, 5.41) is 6.87. The molecule has 1 heterocycles. The summed E-state index contributed by atoms with van der Waals surface area (Å²) in [5.41, 5.74) is 0. The predicted octanol–water partition coefficient (Wildman–Crippen LogP) is 0.714. The lowest BCUT2D eigenvalue weighted by Crippen LogP contribution is -2.30. The van der Waals surface area contributed by atoms with Crippen molar-refractivity contribution in [3.8, 4) is 0 Å². The average molecular weight is 289 g/mol. The fourth-order valence-corrected chi connectivity index (χ4v) is 1.58. The van der Waals surface area contributed by atoms with Gasteiger partial charge in [0.1, 0.15) is 6.54 Å². The van der Waals surface area contributed by atoms with E-state index in [0.29, 0.717) is 6.54 Å². The molecule has 0 radical (unpaired) electrons. The molecular weight excluding hydrogens is 272 g/mol. The van der Waals surface area contributed by atoms with Gasteiger partial charge in [-0.1, -0.05) is 0 Å². The number of aromatic nitrogens is 2. The minimum Gasteiger partial charge on any atom is -0.354 e. The van der Waals surface area contributed by atoms with Gasteiger partial charge in [0.15, 0.2) is 0 Å². The predicted molar refractivity (Wildman–Crippen MR) is 66.1 cm³/mol. The highest BCUT2D eigenvalue weighted by molar-refractivity contribution is 9.10. The Balaban J connectivity index is 2.16. The van der Waals surface area contributed by atoms with Gasteiger partial charge in [-0.05, 0) is 43.0 Å². The molecule has 0 spiro atoms. The summed E-state index contributed by atoms with van der Waals surface area (Å²) in [5.74, 6) is -0.00523. The van der Waals surface area contributed by atoms with Gasteiger partial charge in [0.05, 0.1) is 10.7 Å². The molecule has 0 unspecified atom stereocenters. The molecule has 0 saturated carbocycles. The smallest absolute Gasteiger partial charge is 0.241 e. The minimum absolute atomic E-state index is 0.00523. The lowest BCUT2D eigenvalue weighted by Gasteiger charge is -2.09. The third kappa shape index (κ3) is 5.27. The van der Waals surface area contributed by atoms with E-state index in [9.17, 15) is 4.79 Å². The third-order valence-corrected chi connectivity index (χ3v) is 2.42. The van der Waals surface area contributed by atoms with Crippen molar-refractivity contribution < 1.29 is 4.79 Å². The maximum atomic E-state index is 11.5. The number of amides is 1. The fourth-order valence-electron chi connectivity index (χ4n) is 1.25. The van der Waals surface area contributed by atoms with E-state index in [0.717, 1.165) is 17.4 Å². The maximum Gasteiger partial charge on any atom is 0.241 e. The topological polar surface area (TPSA) is 50.2 Å². The van der Waals surface area contributed by atoms with Crippen LogP contribution in [0.2, 0.25) is 0 Å². The highest BCUT2D eigenvalue weighted by atomic mass is 79.9. The summed E-state index contributed by atoms with van der Waals surface area (Å²) in [6.07, 6.45) is 4.40. The van der Waals surface area contributed by atoms with Gasteiger partial charge in [-0.2, -0.15) is 5.10 Å². The number of halogens is 1. The zero-order chi connectivity index (χ0) is 12.0. The molecule has 0 fully saturated rings. The molecule has 1 aromatic heterocycles. The Bertz CT molecular complexity index is 337. The Kier molecular flexibility index (Phi) is 5.48. The molecule has 0 atom stereocenters. The molecular formula is C10H17BrN4O. The van der Waals surface area contributed by atoms with Crippen LogP contribution >= 0.6 is 15.9 Å². The van der Waals surface area contributed by atoms with Crippen LogP contribution in [0, 0.1) is 0 Å². The van der Waals surface area contributed by atoms with Crippen LogP contribution in [0.4, 0.5) is 0 Å². The summed E-state index contributed by atoms with van der Waals surface area (Å²) in [4.78, 5) is 13.6. The molecule has 0 aliphatic heterocycles. The molecule has 6 heteroatoms. The summed E-state index contributed by atoms with van der Waals surface area (Å²) in [7, 11) is 4.03. The molecule has 0 aliphatic carbocycles. The normalized spacial score (nSPS) is 10.8. The highest BCUT2D eigenvalue weighted by Gasteiger charge is 2.03. The van der Waals surface area contributed by atoms with Gasteiger partial charge >= 0.3 is 0 Å². The third-order valence-electron chi connectivity index (χ3n) is 2.01. The Labute approximate surface area is 104 Å². The Morgan fingerprint density at radius 3 is 2.94 bits per heavy atom. The number of nitrogens with zero attached hydrogens (tertiary/aromatic N) is 3. The van der Waals surface area contributed by atoms with Crippen molar-refractivity contribution in [3.05, 3.63) is 16.9 Å². The van der Waals surface area contributed by atoms with E-state index < -0.39 is 0 Å². The highest BCUT2D eigenvalue weighted by Crippen LogP contribution is 2.05. The van der Waals surface area contributed by atoms with Gasteiger partial charge in [0.2, 0.25) is 5.91 Å². The van der Waals surface area contributed by atoms with Crippen molar-refractivity contribution in [2.24, 2.45) is 0 Å². The standard InChI is InChI=1S/C10H17BrN4O/c1-14(2)5-3-4-12-10(16)8-15-7-9(11)6-13-15/h6-7H,3-5,8H2,1-2H3,(H,12,16). The van der Waals surface area contributed by atoms with Crippen LogP contribution in [0.5, 0.6) is 0 Å². The van der Waals surface area contributed by atoms with Gasteiger partial charge < -0.3 is 10.2 Å². The molecule has 1 amide bonds. The van der Waals surface area contributed by atoms with Gasteiger partial charge in [-0.15, -0.1) is 0 Å². The van der Waals surface area contributed by atoms with Crippen LogP contribution in [-0.2, 0) is 11.3 Å².